The highest BCUT2D eigenvalue weighted by atomic mass is 16.5. The Bertz CT molecular complexity index is 424. The summed E-state index contributed by atoms with van der Waals surface area (Å²) in [5.74, 6) is -0.294. The van der Waals surface area contributed by atoms with Crippen molar-refractivity contribution in [3.8, 4) is 11.8 Å². The summed E-state index contributed by atoms with van der Waals surface area (Å²) in [5.41, 5.74) is 0.594. The van der Waals surface area contributed by atoms with Gasteiger partial charge < -0.3 is 10.1 Å². The van der Waals surface area contributed by atoms with E-state index in [-0.39, 0.29) is 5.91 Å². The van der Waals surface area contributed by atoms with Crippen molar-refractivity contribution in [3.05, 3.63) is 24.3 Å². The van der Waals surface area contributed by atoms with Crippen molar-refractivity contribution < 1.29 is 9.53 Å². The summed E-state index contributed by atoms with van der Waals surface area (Å²) in [6, 6.07) is 9.14. The smallest absolute Gasteiger partial charge is 0.241 e. The van der Waals surface area contributed by atoms with Crippen LogP contribution >= 0.6 is 0 Å². The summed E-state index contributed by atoms with van der Waals surface area (Å²) in [7, 11) is 1.54. The van der Waals surface area contributed by atoms with Crippen molar-refractivity contribution in [2.45, 2.75) is 19.8 Å². The number of carbonyl (C=O) groups excluding carboxylic acids is 1. The lowest BCUT2D eigenvalue weighted by Crippen LogP contribution is -2.21. The van der Waals surface area contributed by atoms with Crippen LogP contribution in [0, 0.1) is 17.2 Å². The molecule has 0 saturated carbocycles. The number of nitrogens with one attached hydrogen (secondary N) is 1. The van der Waals surface area contributed by atoms with E-state index in [1.165, 1.54) is 0 Å². The number of para-hydroxylation sites is 2. The van der Waals surface area contributed by atoms with E-state index >= 15 is 0 Å². The minimum absolute atomic E-state index is 0.279. The minimum Gasteiger partial charge on any atom is -0.495 e. The Kier molecular flexibility index (Phi) is 5.02. The summed E-state index contributed by atoms with van der Waals surface area (Å²) in [4.78, 5) is 11.8. The van der Waals surface area contributed by atoms with Crippen molar-refractivity contribution in [1.29, 1.82) is 5.26 Å². The number of nitrogens with zero attached hydrogens (tertiary/aromatic N) is 1. The van der Waals surface area contributed by atoms with Crippen LogP contribution in [-0.4, -0.2) is 13.0 Å². The van der Waals surface area contributed by atoms with Gasteiger partial charge >= 0.3 is 0 Å². The van der Waals surface area contributed by atoms with E-state index < -0.39 is 5.92 Å². The van der Waals surface area contributed by atoms with Crippen LogP contribution in [0.25, 0.3) is 0 Å². The van der Waals surface area contributed by atoms with Gasteiger partial charge in [-0.2, -0.15) is 5.26 Å². The number of benzene rings is 1. The standard InChI is InChI=1S/C13H16N2O2/c1-3-6-10(9-14)13(16)15-11-7-4-5-8-12(11)17-2/h4-5,7-8,10H,3,6H2,1-2H3,(H,15,16). The minimum atomic E-state index is -0.607. The van der Waals surface area contributed by atoms with E-state index in [4.69, 9.17) is 10.00 Å². The average molecular weight is 232 g/mol. The zero-order valence-corrected chi connectivity index (χ0v) is 10.1. The van der Waals surface area contributed by atoms with Crippen LogP contribution in [0.1, 0.15) is 19.8 Å². The van der Waals surface area contributed by atoms with Crippen molar-refractivity contribution >= 4 is 11.6 Å². The number of nitriles is 1. The molecule has 0 spiro atoms. The van der Waals surface area contributed by atoms with Crippen LogP contribution < -0.4 is 10.1 Å². The zero-order valence-electron chi connectivity index (χ0n) is 10.1. The second kappa shape index (κ2) is 6.54. The molecule has 1 rings (SSSR count). The maximum Gasteiger partial charge on any atom is 0.241 e. The first-order valence-corrected chi connectivity index (χ1v) is 5.56. The van der Waals surface area contributed by atoms with Crippen molar-refractivity contribution in [2.75, 3.05) is 12.4 Å². The molecular formula is C13H16N2O2. The molecule has 0 aliphatic carbocycles. The predicted molar refractivity (Wildman–Crippen MR) is 65.6 cm³/mol. The summed E-state index contributed by atoms with van der Waals surface area (Å²) in [6.45, 7) is 1.95. The molecule has 1 aromatic rings. The summed E-state index contributed by atoms with van der Waals surface area (Å²) < 4.78 is 5.12. The predicted octanol–water partition coefficient (Wildman–Crippen LogP) is 2.57. The number of anilines is 1. The van der Waals surface area contributed by atoms with Crippen LogP contribution in [0.4, 0.5) is 5.69 Å². The van der Waals surface area contributed by atoms with Gasteiger partial charge in [-0.3, -0.25) is 4.79 Å². The largest absolute Gasteiger partial charge is 0.495 e. The van der Waals surface area contributed by atoms with Gasteiger partial charge in [0.15, 0.2) is 0 Å². The lowest BCUT2D eigenvalue weighted by atomic mass is 10.0. The highest BCUT2D eigenvalue weighted by molar-refractivity contribution is 5.95. The van der Waals surface area contributed by atoms with Gasteiger partial charge in [0.25, 0.3) is 0 Å². The number of ether oxygens (including phenoxy) is 1. The number of amides is 1. The third kappa shape index (κ3) is 3.49. The van der Waals surface area contributed by atoms with Gasteiger partial charge in [-0.05, 0) is 18.6 Å². The second-order valence-electron chi connectivity index (χ2n) is 3.66. The van der Waals surface area contributed by atoms with Crippen LogP contribution in [0.5, 0.6) is 5.75 Å². The van der Waals surface area contributed by atoms with Crippen molar-refractivity contribution in [1.82, 2.24) is 0 Å². The number of rotatable bonds is 5. The normalized spacial score (nSPS) is 11.4. The Morgan fingerprint density at radius 3 is 2.82 bits per heavy atom. The highest BCUT2D eigenvalue weighted by Gasteiger charge is 2.17. The van der Waals surface area contributed by atoms with E-state index in [0.717, 1.165) is 6.42 Å². The molecule has 17 heavy (non-hydrogen) atoms. The van der Waals surface area contributed by atoms with E-state index in [0.29, 0.717) is 17.9 Å². The number of methoxy groups -OCH3 is 1. The molecule has 0 heterocycles. The summed E-state index contributed by atoms with van der Waals surface area (Å²) in [5, 5.41) is 11.6. The van der Waals surface area contributed by atoms with E-state index in [1.54, 1.807) is 25.3 Å². The fraction of sp³-hybridized carbons (Fsp3) is 0.385. The van der Waals surface area contributed by atoms with Crippen LogP contribution in [0.3, 0.4) is 0 Å². The molecule has 0 aromatic heterocycles. The molecule has 0 bridgehead atoms. The number of hydrogen-bond acceptors (Lipinski definition) is 3. The Labute approximate surface area is 101 Å². The molecule has 4 nitrogen and oxygen atoms in total. The Balaban J connectivity index is 2.77. The Morgan fingerprint density at radius 1 is 1.53 bits per heavy atom. The molecule has 1 N–H and O–H groups in total. The molecule has 0 fully saturated rings. The van der Waals surface area contributed by atoms with Gasteiger partial charge in [-0.25, -0.2) is 0 Å². The first-order chi connectivity index (χ1) is 8.22. The molecular weight excluding hydrogens is 216 g/mol. The average Bonchev–Trinajstić information content (AvgIpc) is 2.36. The first kappa shape index (κ1) is 13.0. The molecule has 1 atom stereocenters. The summed E-state index contributed by atoms with van der Waals surface area (Å²) >= 11 is 0. The van der Waals surface area contributed by atoms with Gasteiger partial charge in [-0.15, -0.1) is 0 Å². The Morgan fingerprint density at radius 2 is 2.24 bits per heavy atom. The fourth-order valence-corrected chi connectivity index (χ4v) is 1.51. The molecule has 0 aliphatic heterocycles. The number of carbonyl (C=O) groups is 1. The second-order valence-corrected chi connectivity index (χ2v) is 3.66. The van der Waals surface area contributed by atoms with Crippen molar-refractivity contribution in [2.24, 2.45) is 5.92 Å². The molecule has 0 aliphatic rings. The van der Waals surface area contributed by atoms with Gasteiger partial charge in [0.1, 0.15) is 11.7 Å². The SMILES string of the molecule is CCCC(C#N)C(=O)Nc1ccccc1OC. The third-order valence-corrected chi connectivity index (χ3v) is 2.41. The lowest BCUT2D eigenvalue weighted by molar-refractivity contribution is -0.118. The van der Waals surface area contributed by atoms with Crippen LogP contribution in [0.2, 0.25) is 0 Å². The van der Waals surface area contributed by atoms with Crippen molar-refractivity contribution in [3.63, 3.8) is 0 Å². The quantitative estimate of drug-likeness (QED) is 0.848. The van der Waals surface area contributed by atoms with Crippen LogP contribution in [0.15, 0.2) is 24.3 Å². The molecule has 1 amide bonds. The Hall–Kier alpha value is -2.02. The van der Waals surface area contributed by atoms with Gasteiger partial charge in [-0.1, -0.05) is 25.5 Å². The van der Waals surface area contributed by atoms with E-state index in [2.05, 4.69) is 5.32 Å². The maximum absolute atomic E-state index is 11.8. The molecule has 0 radical (unpaired) electrons. The van der Waals surface area contributed by atoms with Gasteiger partial charge in [0, 0.05) is 0 Å². The monoisotopic (exact) mass is 232 g/mol. The van der Waals surface area contributed by atoms with E-state index in [1.807, 2.05) is 19.1 Å². The summed E-state index contributed by atoms with van der Waals surface area (Å²) in [6.07, 6.45) is 1.37. The maximum atomic E-state index is 11.8. The molecule has 1 aromatic carbocycles. The van der Waals surface area contributed by atoms with Gasteiger partial charge in [0.05, 0.1) is 18.9 Å². The van der Waals surface area contributed by atoms with Gasteiger partial charge in [0.2, 0.25) is 5.91 Å². The lowest BCUT2D eigenvalue weighted by Gasteiger charge is -2.12. The number of hydrogen-bond donors (Lipinski definition) is 1. The fourth-order valence-electron chi connectivity index (χ4n) is 1.51. The molecule has 4 heteroatoms. The topological polar surface area (TPSA) is 62.1 Å². The highest BCUT2D eigenvalue weighted by Crippen LogP contribution is 2.23. The molecule has 90 valence electrons. The first-order valence-electron chi connectivity index (χ1n) is 5.56. The zero-order chi connectivity index (χ0) is 12.7. The van der Waals surface area contributed by atoms with Crippen LogP contribution in [-0.2, 0) is 4.79 Å². The molecule has 1 unspecified atom stereocenters. The molecule has 0 saturated heterocycles. The third-order valence-electron chi connectivity index (χ3n) is 2.41. The van der Waals surface area contributed by atoms with E-state index in [9.17, 15) is 4.79 Å².